The monoisotopic (exact) mass is 350 g/mol. The van der Waals surface area contributed by atoms with Crippen LogP contribution in [0.25, 0.3) is 0 Å². The van der Waals surface area contributed by atoms with Crippen molar-refractivity contribution in [3.63, 3.8) is 0 Å². The molecule has 1 heterocycles. The van der Waals surface area contributed by atoms with Crippen LogP contribution in [0.4, 0.5) is 5.69 Å². The molecule has 7 heteroatoms. The van der Waals surface area contributed by atoms with Gasteiger partial charge in [0.05, 0.1) is 11.6 Å². The average molecular weight is 351 g/mol. The van der Waals surface area contributed by atoms with Crippen molar-refractivity contribution in [2.75, 3.05) is 23.9 Å². The van der Waals surface area contributed by atoms with Crippen molar-refractivity contribution < 1.29 is 19.1 Å². The van der Waals surface area contributed by atoms with Gasteiger partial charge in [0, 0.05) is 11.6 Å². The summed E-state index contributed by atoms with van der Waals surface area (Å²) in [5.41, 5.74) is 0.826. The van der Waals surface area contributed by atoms with Crippen LogP contribution in [-0.2, 0) is 9.59 Å². The van der Waals surface area contributed by atoms with E-state index in [9.17, 15) is 14.4 Å². The molecule has 0 bridgehead atoms. The minimum absolute atomic E-state index is 0.0792. The number of benzene rings is 1. The number of fused-ring (bicyclic) bond motifs is 1. The number of ketones is 1. The minimum atomic E-state index is -0.306. The number of anilines is 1. The Morgan fingerprint density at radius 2 is 2.04 bits per heavy atom. The Labute approximate surface area is 145 Å². The SMILES string of the molecule is O=C(CN1C(=O)COc2ccc(C(=O)CCl)cc21)NC1CCCC1. The van der Waals surface area contributed by atoms with Gasteiger partial charge in [-0.2, -0.15) is 0 Å². The first-order valence-electron chi connectivity index (χ1n) is 8.04. The number of rotatable bonds is 5. The van der Waals surface area contributed by atoms with E-state index in [2.05, 4.69) is 5.32 Å². The largest absolute Gasteiger partial charge is 0.482 e. The number of amides is 2. The van der Waals surface area contributed by atoms with E-state index < -0.39 is 0 Å². The van der Waals surface area contributed by atoms with E-state index in [1.54, 1.807) is 18.2 Å². The van der Waals surface area contributed by atoms with Crippen molar-refractivity contribution in [3.8, 4) is 5.75 Å². The third-order valence-electron chi connectivity index (χ3n) is 4.37. The smallest absolute Gasteiger partial charge is 0.265 e. The lowest BCUT2D eigenvalue weighted by Gasteiger charge is -2.29. The molecule has 1 aromatic rings. The first-order valence-corrected chi connectivity index (χ1v) is 8.57. The fourth-order valence-corrected chi connectivity index (χ4v) is 3.27. The standard InChI is InChI=1S/C17H19ClN2O4/c18-8-14(21)11-5-6-15-13(7-11)20(17(23)10-24-15)9-16(22)19-12-3-1-2-4-12/h5-7,12H,1-4,8-10H2,(H,19,22). The summed E-state index contributed by atoms with van der Waals surface area (Å²) in [4.78, 5) is 37.6. The Balaban J connectivity index is 1.78. The molecule has 0 spiro atoms. The number of halogens is 1. The van der Waals surface area contributed by atoms with Gasteiger partial charge in [-0.1, -0.05) is 12.8 Å². The third kappa shape index (κ3) is 3.53. The van der Waals surface area contributed by atoms with Gasteiger partial charge in [0.2, 0.25) is 5.91 Å². The molecule has 0 radical (unpaired) electrons. The predicted octanol–water partition coefficient (Wildman–Crippen LogP) is 1.89. The van der Waals surface area contributed by atoms with E-state index in [0.29, 0.717) is 17.0 Å². The van der Waals surface area contributed by atoms with Crippen molar-refractivity contribution in [1.29, 1.82) is 0 Å². The van der Waals surface area contributed by atoms with E-state index in [1.807, 2.05) is 0 Å². The van der Waals surface area contributed by atoms with Crippen molar-refractivity contribution >= 4 is 34.9 Å². The molecule has 0 aromatic heterocycles. The number of hydrogen-bond donors (Lipinski definition) is 1. The first kappa shape index (κ1) is 16.8. The fourth-order valence-electron chi connectivity index (χ4n) is 3.11. The number of hydrogen-bond acceptors (Lipinski definition) is 4. The van der Waals surface area contributed by atoms with Gasteiger partial charge in [-0.3, -0.25) is 19.3 Å². The van der Waals surface area contributed by atoms with Gasteiger partial charge < -0.3 is 10.1 Å². The molecule has 1 N–H and O–H groups in total. The van der Waals surface area contributed by atoms with Crippen molar-refractivity contribution in [1.82, 2.24) is 5.32 Å². The fraction of sp³-hybridized carbons (Fsp3) is 0.471. The molecule has 0 saturated heterocycles. The van der Waals surface area contributed by atoms with Crippen LogP contribution >= 0.6 is 11.6 Å². The molecular weight excluding hydrogens is 332 g/mol. The highest BCUT2D eigenvalue weighted by molar-refractivity contribution is 6.30. The van der Waals surface area contributed by atoms with Gasteiger partial charge in [-0.25, -0.2) is 0 Å². The summed E-state index contributed by atoms with van der Waals surface area (Å²) >= 11 is 5.59. The molecule has 6 nitrogen and oxygen atoms in total. The van der Waals surface area contributed by atoms with Crippen LogP contribution in [0.5, 0.6) is 5.75 Å². The van der Waals surface area contributed by atoms with E-state index in [0.717, 1.165) is 25.7 Å². The van der Waals surface area contributed by atoms with Gasteiger partial charge in [-0.05, 0) is 31.0 Å². The van der Waals surface area contributed by atoms with Crippen molar-refractivity contribution in [3.05, 3.63) is 23.8 Å². The van der Waals surface area contributed by atoms with Crippen molar-refractivity contribution in [2.45, 2.75) is 31.7 Å². The molecular formula is C17H19ClN2O4. The maximum atomic E-state index is 12.3. The molecule has 0 unspecified atom stereocenters. The first-order chi connectivity index (χ1) is 11.6. The highest BCUT2D eigenvalue weighted by Crippen LogP contribution is 2.33. The molecule has 1 aliphatic carbocycles. The van der Waals surface area contributed by atoms with Gasteiger partial charge in [0.1, 0.15) is 12.3 Å². The molecule has 2 aliphatic rings. The Bertz CT molecular complexity index is 671. The van der Waals surface area contributed by atoms with E-state index in [1.165, 1.54) is 4.90 Å². The zero-order valence-corrected chi connectivity index (χ0v) is 14.0. The second-order valence-electron chi connectivity index (χ2n) is 6.06. The topological polar surface area (TPSA) is 75.7 Å². The number of ether oxygens (including phenoxy) is 1. The highest BCUT2D eigenvalue weighted by Gasteiger charge is 2.29. The summed E-state index contributed by atoms with van der Waals surface area (Å²) in [6.07, 6.45) is 4.20. The Hall–Kier alpha value is -2.08. The Kier molecular flexibility index (Phi) is 5.04. The summed E-state index contributed by atoms with van der Waals surface area (Å²) in [5, 5.41) is 2.96. The lowest BCUT2D eigenvalue weighted by Crippen LogP contribution is -2.47. The second-order valence-corrected chi connectivity index (χ2v) is 6.32. The highest BCUT2D eigenvalue weighted by atomic mass is 35.5. The van der Waals surface area contributed by atoms with Crippen LogP contribution in [0.2, 0.25) is 0 Å². The normalized spacial score (nSPS) is 17.4. The van der Waals surface area contributed by atoms with Gasteiger partial charge in [-0.15, -0.1) is 11.6 Å². The summed E-state index contributed by atoms with van der Waals surface area (Å²) in [6, 6.07) is 4.98. The second kappa shape index (κ2) is 7.21. The van der Waals surface area contributed by atoms with Crippen LogP contribution < -0.4 is 15.0 Å². The van der Waals surface area contributed by atoms with Gasteiger partial charge >= 0.3 is 0 Å². The van der Waals surface area contributed by atoms with E-state index in [-0.39, 0.29) is 42.7 Å². The number of alkyl halides is 1. The number of Topliss-reactive ketones (excluding diaryl/α,β-unsaturated/α-hetero) is 1. The quantitative estimate of drug-likeness (QED) is 0.650. The molecule has 1 saturated carbocycles. The molecule has 128 valence electrons. The molecule has 3 rings (SSSR count). The summed E-state index contributed by atoms with van der Waals surface area (Å²) in [7, 11) is 0. The summed E-state index contributed by atoms with van der Waals surface area (Å²) in [5.74, 6) is -0.408. The average Bonchev–Trinajstić information content (AvgIpc) is 3.09. The molecule has 1 aliphatic heterocycles. The zero-order valence-electron chi connectivity index (χ0n) is 13.2. The molecule has 0 atom stereocenters. The maximum Gasteiger partial charge on any atom is 0.265 e. The number of nitrogens with zero attached hydrogens (tertiary/aromatic N) is 1. The maximum absolute atomic E-state index is 12.3. The van der Waals surface area contributed by atoms with Gasteiger partial charge in [0.15, 0.2) is 12.4 Å². The van der Waals surface area contributed by atoms with Crippen LogP contribution in [0.15, 0.2) is 18.2 Å². The molecule has 24 heavy (non-hydrogen) atoms. The lowest BCUT2D eigenvalue weighted by atomic mass is 10.1. The molecule has 1 fully saturated rings. The summed E-state index contributed by atoms with van der Waals surface area (Å²) < 4.78 is 5.38. The van der Waals surface area contributed by atoms with Crippen molar-refractivity contribution in [2.24, 2.45) is 0 Å². The van der Waals surface area contributed by atoms with E-state index in [4.69, 9.17) is 16.3 Å². The zero-order chi connectivity index (χ0) is 17.1. The molecule has 2 amide bonds. The number of carbonyl (C=O) groups excluding carboxylic acids is 3. The van der Waals surface area contributed by atoms with E-state index >= 15 is 0 Å². The predicted molar refractivity (Wildman–Crippen MR) is 89.7 cm³/mol. The number of carbonyl (C=O) groups is 3. The minimum Gasteiger partial charge on any atom is -0.482 e. The molecule has 1 aromatic carbocycles. The summed E-state index contributed by atoms with van der Waals surface area (Å²) in [6.45, 7) is -0.198. The van der Waals surface area contributed by atoms with Gasteiger partial charge in [0.25, 0.3) is 5.91 Å². The van der Waals surface area contributed by atoms with Crippen LogP contribution in [0.3, 0.4) is 0 Å². The van der Waals surface area contributed by atoms with Crippen LogP contribution in [-0.4, -0.2) is 42.7 Å². The third-order valence-corrected chi connectivity index (χ3v) is 4.61. The van der Waals surface area contributed by atoms with Crippen LogP contribution in [0, 0.1) is 0 Å². The van der Waals surface area contributed by atoms with Crippen LogP contribution in [0.1, 0.15) is 36.0 Å². The Morgan fingerprint density at radius 1 is 1.29 bits per heavy atom. The number of nitrogens with one attached hydrogen (secondary N) is 1. The lowest BCUT2D eigenvalue weighted by molar-refractivity contribution is -0.125. The Morgan fingerprint density at radius 3 is 2.75 bits per heavy atom.